The standard InChI is InChI=1S/C7H13FN4O/c1-13-5-6(9)7-4-10-11-12(7)3-2-8/h4,6H,2-3,5,9H2,1H3. The minimum atomic E-state index is -0.476. The predicted molar refractivity (Wildman–Crippen MR) is 44.8 cm³/mol. The van der Waals surface area contributed by atoms with Gasteiger partial charge in [-0.25, -0.2) is 9.07 Å². The molecule has 0 amide bonds. The van der Waals surface area contributed by atoms with Crippen molar-refractivity contribution in [3.63, 3.8) is 0 Å². The van der Waals surface area contributed by atoms with Crippen LogP contribution in [-0.2, 0) is 11.3 Å². The molecule has 13 heavy (non-hydrogen) atoms. The monoisotopic (exact) mass is 188 g/mol. The number of hydrogen-bond acceptors (Lipinski definition) is 4. The quantitative estimate of drug-likeness (QED) is 0.700. The van der Waals surface area contributed by atoms with Gasteiger partial charge >= 0.3 is 0 Å². The molecule has 0 spiro atoms. The van der Waals surface area contributed by atoms with E-state index in [-0.39, 0.29) is 12.6 Å². The molecule has 6 heteroatoms. The van der Waals surface area contributed by atoms with Gasteiger partial charge in [-0.05, 0) is 0 Å². The van der Waals surface area contributed by atoms with Crippen LogP contribution in [0.15, 0.2) is 6.20 Å². The molecule has 2 N–H and O–H groups in total. The number of aryl methyl sites for hydroxylation is 1. The van der Waals surface area contributed by atoms with Gasteiger partial charge in [0, 0.05) is 7.11 Å². The number of methoxy groups -OCH3 is 1. The average molecular weight is 188 g/mol. The second kappa shape index (κ2) is 4.88. The maximum absolute atomic E-state index is 12.0. The normalized spacial score (nSPS) is 13.2. The summed E-state index contributed by atoms with van der Waals surface area (Å²) in [5.41, 5.74) is 6.43. The Hall–Kier alpha value is -1.01. The maximum atomic E-state index is 12.0. The van der Waals surface area contributed by atoms with Gasteiger partial charge in [-0.15, -0.1) is 5.10 Å². The van der Waals surface area contributed by atoms with E-state index in [0.717, 1.165) is 0 Å². The lowest BCUT2D eigenvalue weighted by molar-refractivity contribution is 0.177. The van der Waals surface area contributed by atoms with Crippen molar-refractivity contribution in [3.05, 3.63) is 11.9 Å². The second-order valence-corrected chi connectivity index (χ2v) is 2.63. The summed E-state index contributed by atoms with van der Waals surface area (Å²) in [5.74, 6) is 0. The van der Waals surface area contributed by atoms with Crippen LogP contribution in [-0.4, -0.2) is 35.4 Å². The molecule has 1 unspecified atom stereocenters. The molecule has 1 rings (SSSR count). The van der Waals surface area contributed by atoms with E-state index in [9.17, 15) is 4.39 Å². The van der Waals surface area contributed by atoms with Gasteiger partial charge in [-0.2, -0.15) is 0 Å². The number of ether oxygens (including phenoxy) is 1. The van der Waals surface area contributed by atoms with Crippen LogP contribution < -0.4 is 5.73 Å². The van der Waals surface area contributed by atoms with E-state index >= 15 is 0 Å². The summed E-state index contributed by atoms with van der Waals surface area (Å²) in [6.45, 7) is 0.0858. The summed E-state index contributed by atoms with van der Waals surface area (Å²) in [7, 11) is 1.56. The molecule has 0 bridgehead atoms. The van der Waals surface area contributed by atoms with Crippen LogP contribution in [0.25, 0.3) is 0 Å². The Morgan fingerprint density at radius 1 is 1.77 bits per heavy atom. The lowest BCUT2D eigenvalue weighted by Crippen LogP contribution is -2.21. The van der Waals surface area contributed by atoms with E-state index in [1.54, 1.807) is 7.11 Å². The Bertz CT molecular complexity index is 252. The molecule has 0 radical (unpaired) electrons. The van der Waals surface area contributed by atoms with Crippen LogP contribution in [0.4, 0.5) is 4.39 Å². The third-order valence-electron chi connectivity index (χ3n) is 1.67. The minimum absolute atomic E-state index is 0.187. The Balaban J connectivity index is 2.68. The largest absolute Gasteiger partial charge is 0.383 e. The molecule has 0 aliphatic rings. The molecule has 0 aliphatic carbocycles. The minimum Gasteiger partial charge on any atom is -0.383 e. The molecule has 1 aromatic rings. The third-order valence-corrected chi connectivity index (χ3v) is 1.67. The van der Waals surface area contributed by atoms with Crippen LogP contribution in [0.2, 0.25) is 0 Å². The van der Waals surface area contributed by atoms with E-state index in [4.69, 9.17) is 10.5 Å². The highest BCUT2D eigenvalue weighted by molar-refractivity contribution is 5.01. The summed E-state index contributed by atoms with van der Waals surface area (Å²) in [4.78, 5) is 0. The second-order valence-electron chi connectivity index (χ2n) is 2.63. The van der Waals surface area contributed by atoms with Crippen LogP contribution >= 0.6 is 0 Å². The van der Waals surface area contributed by atoms with E-state index in [0.29, 0.717) is 12.3 Å². The van der Waals surface area contributed by atoms with E-state index in [1.807, 2.05) is 0 Å². The first-order valence-corrected chi connectivity index (χ1v) is 3.98. The highest BCUT2D eigenvalue weighted by atomic mass is 19.1. The van der Waals surface area contributed by atoms with Gasteiger partial charge in [0.2, 0.25) is 0 Å². The van der Waals surface area contributed by atoms with Crippen molar-refractivity contribution < 1.29 is 9.13 Å². The molecule has 0 saturated carbocycles. The Labute approximate surface area is 75.7 Å². The van der Waals surface area contributed by atoms with Crippen molar-refractivity contribution in [2.45, 2.75) is 12.6 Å². The predicted octanol–water partition coefficient (Wildman–Crippen LogP) is -0.106. The molecule has 0 aromatic carbocycles. The molecule has 1 atom stereocenters. The fraction of sp³-hybridized carbons (Fsp3) is 0.714. The molecule has 0 saturated heterocycles. The number of rotatable bonds is 5. The third kappa shape index (κ3) is 2.46. The SMILES string of the molecule is COCC(N)c1cnnn1CCF. The van der Waals surface area contributed by atoms with Crippen molar-refractivity contribution in [1.29, 1.82) is 0 Å². The Morgan fingerprint density at radius 3 is 3.15 bits per heavy atom. The van der Waals surface area contributed by atoms with Gasteiger partial charge < -0.3 is 10.5 Å². The van der Waals surface area contributed by atoms with Gasteiger partial charge in [-0.3, -0.25) is 0 Å². The summed E-state index contributed by atoms with van der Waals surface area (Å²) in [6, 6.07) is -0.299. The zero-order chi connectivity index (χ0) is 9.68. The molecule has 0 fully saturated rings. The Morgan fingerprint density at radius 2 is 2.54 bits per heavy atom. The first kappa shape index (κ1) is 10.1. The Kier molecular flexibility index (Phi) is 3.78. The summed E-state index contributed by atoms with van der Waals surface area (Å²) in [5, 5.41) is 7.36. The van der Waals surface area contributed by atoms with Crippen LogP contribution in [0, 0.1) is 0 Å². The van der Waals surface area contributed by atoms with Gasteiger partial charge in [0.05, 0.1) is 31.1 Å². The van der Waals surface area contributed by atoms with E-state index < -0.39 is 6.67 Å². The average Bonchev–Trinajstić information content (AvgIpc) is 2.54. The molecular formula is C7H13FN4O. The summed E-state index contributed by atoms with van der Waals surface area (Å²) < 4.78 is 18.3. The number of aromatic nitrogens is 3. The van der Waals surface area contributed by atoms with Crippen LogP contribution in [0.3, 0.4) is 0 Å². The fourth-order valence-corrected chi connectivity index (χ4v) is 1.07. The van der Waals surface area contributed by atoms with Gasteiger partial charge in [0.1, 0.15) is 6.67 Å². The molecule has 0 aliphatic heterocycles. The van der Waals surface area contributed by atoms with Crippen molar-refractivity contribution in [1.82, 2.24) is 15.0 Å². The van der Waals surface area contributed by atoms with Crippen LogP contribution in [0.1, 0.15) is 11.7 Å². The van der Waals surface area contributed by atoms with Crippen LogP contribution in [0.5, 0.6) is 0 Å². The summed E-state index contributed by atoms with van der Waals surface area (Å²) in [6.07, 6.45) is 1.53. The molecule has 1 heterocycles. The lowest BCUT2D eigenvalue weighted by atomic mass is 10.2. The van der Waals surface area contributed by atoms with Gasteiger partial charge in [-0.1, -0.05) is 5.21 Å². The van der Waals surface area contributed by atoms with Crippen molar-refractivity contribution >= 4 is 0 Å². The fourth-order valence-electron chi connectivity index (χ4n) is 1.07. The van der Waals surface area contributed by atoms with E-state index in [1.165, 1.54) is 10.9 Å². The molecule has 74 valence electrons. The van der Waals surface area contributed by atoms with Crippen molar-refractivity contribution in [2.24, 2.45) is 5.73 Å². The zero-order valence-corrected chi connectivity index (χ0v) is 7.48. The highest BCUT2D eigenvalue weighted by Gasteiger charge is 2.11. The zero-order valence-electron chi connectivity index (χ0n) is 7.48. The maximum Gasteiger partial charge on any atom is 0.109 e. The number of nitrogens with zero attached hydrogens (tertiary/aromatic N) is 3. The number of nitrogens with two attached hydrogens (primary N) is 1. The first-order valence-electron chi connectivity index (χ1n) is 3.98. The highest BCUT2D eigenvalue weighted by Crippen LogP contribution is 2.07. The van der Waals surface area contributed by atoms with Crippen molar-refractivity contribution in [3.8, 4) is 0 Å². The summed E-state index contributed by atoms with van der Waals surface area (Å²) >= 11 is 0. The number of hydrogen-bond donors (Lipinski definition) is 1. The molecular weight excluding hydrogens is 175 g/mol. The lowest BCUT2D eigenvalue weighted by Gasteiger charge is -2.10. The molecule has 5 nitrogen and oxygen atoms in total. The first-order chi connectivity index (χ1) is 6.29. The topological polar surface area (TPSA) is 66.0 Å². The van der Waals surface area contributed by atoms with Gasteiger partial charge in [0.25, 0.3) is 0 Å². The number of alkyl halides is 1. The number of halogens is 1. The smallest absolute Gasteiger partial charge is 0.109 e. The van der Waals surface area contributed by atoms with Gasteiger partial charge in [0.15, 0.2) is 0 Å². The molecule has 1 aromatic heterocycles. The van der Waals surface area contributed by atoms with E-state index in [2.05, 4.69) is 10.3 Å². The van der Waals surface area contributed by atoms with Crippen molar-refractivity contribution in [2.75, 3.05) is 20.4 Å².